The van der Waals surface area contributed by atoms with Crippen molar-refractivity contribution in [2.24, 2.45) is 10.3 Å². The molecule has 4 nitrogen and oxygen atoms in total. The van der Waals surface area contributed by atoms with Gasteiger partial charge in [0, 0.05) is 0 Å². The van der Waals surface area contributed by atoms with E-state index in [2.05, 4.69) is 9.36 Å². The van der Waals surface area contributed by atoms with Gasteiger partial charge in [0.1, 0.15) is 0 Å². The molecule has 0 aliphatic heterocycles. The van der Waals surface area contributed by atoms with Gasteiger partial charge in [-0.05, 0) is 35.4 Å². The SMILES string of the molecule is NSc1nsc(SN)n1. The lowest BCUT2D eigenvalue weighted by Crippen LogP contribution is -1.81. The molecule has 1 aromatic heterocycles. The van der Waals surface area contributed by atoms with Crippen LogP contribution in [0.4, 0.5) is 0 Å². The molecular formula is C2H4N4S3. The van der Waals surface area contributed by atoms with Gasteiger partial charge in [0.2, 0.25) is 5.16 Å². The van der Waals surface area contributed by atoms with Crippen molar-refractivity contribution in [3.63, 3.8) is 0 Å². The molecule has 1 aromatic rings. The predicted molar refractivity (Wildman–Crippen MR) is 40.0 cm³/mol. The van der Waals surface area contributed by atoms with E-state index in [1.807, 2.05) is 0 Å². The Morgan fingerprint density at radius 3 is 2.44 bits per heavy atom. The van der Waals surface area contributed by atoms with Crippen molar-refractivity contribution in [1.29, 1.82) is 0 Å². The largest absolute Gasteiger partial charge is 0.272 e. The summed E-state index contributed by atoms with van der Waals surface area (Å²) in [5.74, 6) is 0. The molecule has 0 saturated heterocycles. The van der Waals surface area contributed by atoms with E-state index in [-0.39, 0.29) is 0 Å². The van der Waals surface area contributed by atoms with E-state index in [0.29, 0.717) is 5.16 Å². The molecule has 0 radical (unpaired) electrons. The lowest BCUT2D eigenvalue weighted by atomic mass is 11.3. The third kappa shape index (κ3) is 1.80. The average Bonchev–Trinajstić information content (AvgIpc) is 2.34. The first-order valence-corrected chi connectivity index (χ1v) is 4.47. The van der Waals surface area contributed by atoms with Gasteiger partial charge in [-0.3, -0.25) is 10.3 Å². The van der Waals surface area contributed by atoms with Gasteiger partial charge in [-0.1, -0.05) is 0 Å². The van der Waals surface area contributed by atoms with Crippen molar-refractivity contribution in [2.75, 3.05) is 0 Å². The van der Waals surface area contributed by atoms with Crippen LogP contribution in [-0.2, 0) is 0 Å². The molecule has 1 heterocycles. The smallest absolute Gasteiger partial charge is 0.216 e. The second kappa shape index (κ2) is 3.37. The molecule has 0 spiro atoms. The van der Waals surface area contributed by atoms with Gasteiger partial charge >= 0.3 is 0 Å². The fourth-order valence-electron chi connectivity index (χ4n) is 0.293. The van der Waals surface area contributed by atoms with Crippen molar-refractivity contribution < 1.29 is 0 Å². The molecule has 1 rings (SSSR count). The van der Waals surface area contributed by atoms with Crippen LogP contribution in [0.2, 0.25) is 0 Å². The summed E-state index contributed by atoms with van der Waals surface area (Å²) in [6.07, 6.45) is 0. The Kier molecular flexibility index (Phi) is 2.73. The Morgan fingerprint density at radius 1 is 1.33 bits per heavy atom. The number of hydrogen-bond donors (Lipinski definition) is 2. The number of nitrogens with zero attached hydrogens (tertiary/aromatic N) is 2. The molecule has 0 saturated carbocycles. The maximum absolute atomic E-state index is 5.19. The average molecular weight is 180 g/mol. The summed E-state index contributed by atoms with van der Waals surface area (Å²) < 4.78 is 4.61. The van der Waals surface area contributed by atoms with Gasteiger partial charge in [0.15, 0.2) is 4.34 Å². The lowest BCUT2D eigenvalue weighted by molar-refractivity contribution is 1.02. The zero-order valence-corrected chi connectivity index (χ0v) is 6.72. The summed E-state index contributed by atoms with van der Waals surface area (Å²) in [5, 5.41) is 10.9. The van der Waals surface area contributed by atoms with E-state index in [9.17, 15) is 0 Å². The Balaban J connectivity index is 2.74. The van der Waals surface area contributed by atoms with Gasteiger partial charge in [-0.2, -0.15) is 4.37 Å². The maximum Gasteiger partial charge on any atom is 0.216 e. The number of nitrogens with two attached hydrogens (primary N) is 2. The first-order valence-electron chi connectivity index (χ1n) is 1.94. The fraction of sp³-hybridized carbons (Fsp3) is 0. The highest BCUT2D eigenvalue weighted by Gasteiger charge is 1.99. The minimum Gasteiger partial charge on any atom is -0.272 e. The van der Waals surface area contributed by atoms with Gasteiger partial charge in [-0.25, -0.2) is 4.98 Å². The monoisotopic (exact) mass is 180 g/mol. The molecule has 50 valence electrons. The van der Waals surface area contributed by atoms with Crippen LogP contribution in [-0.4, -0.2) is 9.36 Å². The topological polar surface area (TPSA) is 77.8 Å². The van der Waals surface area contributed by atoms with Crippen molar-refractivity contribution >= 4 is 35.4 Å². The number of aromatic nitrogens is 2. The van der Waals surface area contributed by atoms with Crippen LogP contribution in [0.25, 0.3) is 0 Å². The van der Waals surface area contributed by atoms with Crippen molar-refractivity contribution in [1.82, 2.24) is 9.36 Å². The summed E-state index contributed by atoms with van der Waals surface area (Å²) >= 11 is 3.36. The maximum atomic E-state index is 5.19. The van der Waals surface area contributed by atoms with Crippen LogP contribution in [0.15, 0.2) is 9.50 Å². The standard InChI is InChI=1S/C2H4N4S3/c3-7-1-5-2(8-4)9-6-1/h3-4H2. The Morgan fingerprint density at radius 2 is 2.11 bits per heavy atom. The Hall–Kier alpha value is 0.180. The molecule has 0 aliphatic rings. The van der Waals surface area contributed by atoms with Crippen molar-refractivity contribution in [3.05, 3.63) is 0 Å². The van der Waals surface area contributed by atoms with Gasteiger partial charge in [-0.15, -0.1) is 0 Å². The fourth-order valence-corrected chi connectivity index (χ4v) is 1.58. The molecule has 7 heteroatoms. The van der Waals surface area contributed by atoms with Crippen LogP contribution >= 0.6 is 35.4 Å². The van der Waals surface area contributed by atoms with E-state index in [4.69, 9.17) is 10.3 Å². The number of hydrogen-bond acceptors (Lipinski definition) is 7. The van der Waals surface area contributed by atoms with Gasteiger partial charge in [0.05, 0.1) is 0 Å². The minimum absolute atomic E-state index is 0.577. The summed E-state index contributed by atoms with van der Waals surface area (Å²) in [6.45, 7) is 0. The molecular weight excluding hydrogens is 176 g/mol. The molecule has 0 unspecified atom stereocenters. The molecule has 9 heavy (non-hydrogen) atoms. The Bertz CT molecular complexity index is 167. The zero-order chi connectivity index (χ0) is 6.69. The van der Waals surface area contributed by atoms with Crippen molar-refractivity contribution in [2.45, 2.75) is 9.50 Å². The third-order valence-electron chi connectivity index (χ3n) is 0.595. The van der Waals surface area contributed by atoms with Crippen LogP contribution in [0, 0.1) is 0 Å². The first-order chi connectivity index (χ1) is 4.36. The second-order valence-electron chi connectivity index (χ2n) is 1.08. The summed E-state index contributed by atoms with van der Waals surface area (Å²) in [6, 6.07) is 0. The molecule has 0 aromatic carbocycles. The zero-order valence-electron chi connectivity index (χ0n) is 4.27. The highest BCUT2D eigenvalue weighted by Crippen LogP contribution is 2.17. The van der Waals surface area contributed by atoms with Gasteiger partial charge < -0.3 is 0 Å². The first kappa shape index (κ1) is 7.29. The quantitative estimate of drug-likeness (QED) is 0.644. The summed E-state index contributed by atoms with van der Waals surface area (Å²) in [5.41, 5.74) is 0. The lowest BCUT2D eigenvalue weighted by Gasteiger charge is -1.79. The molecule has 0 bridgehead atoms. The van der Waals surface area contributed by atoms with Crippen LogP contribution in [0.3, 0.4) is 0 Å². The normalized spacial score (nSPS) is 10.0. The predicted octanol–water partition coefficient (Wildman–Crippen LogP) is 0.470. The minimum atomic E-state index is 0.577. The van der Waals surface area contributed by atoms with Crippen LogP contribution < -0.4 is 10.3 Å². The van der Waals surface area contributed by atoms with Crippen molar-refractivity contribution in [3.8, 4) is 0 Å². The Labute approximate surface area is 64.8 Å². The molecule has 0 amide bonds. The van der Waals surface area contributed by atoms with Gasteiger partial charge in [0.25, 0.3) is 0 Å². The highest BCUT2D eigenvalue weighted by atomic mass is 32.2. The van der Waals surface area contributed by atoms with E-state index in [1.165, 1.54) is 11.5 Å². The molecule has 0 aliphatic carbocycles. The summed E-state index contributed by atoms with van der Waals surface area (Å²) in [7, 11) is 0. The molecule has 0 fully saturated rings. The molecule has 4 N–H and O–H groups in total. The van der Waals surface area contributed by atoms with Crippen LogP contribution in [0.1, 0.15) is 0 Å². The highest BCUT2D eigenvalue weighted by molar-refractivity contribution is 7.99. The van der Waals surface area contributed by atoms with Crippen LogP contribution in [0.5, 0.6) is 0 Å². The van der Waals surface area contributed by atoms with E-state index in [0.717, 1.165) is 28.2 Å². The van der Waals surface area contributed by atoms with E-state index in [1.54, 1.807) is 0 Å². The summed E-state index contributed by atoms with van der Waals surface area (Å²) in [4.78, 5) is 3.93. The van der Waals surface area contributed by atoms with E-state index < -0.39 is 0 Å². The molecule has 0 atom stereocenters. The third-order valence-corrected chi connectivity index (χ3v) is 2.42. The van der Waals surface area contributed by atoms with E-state index >= 15 is 0 Å². The second-order valence-corrected chi connectivity index (χ2v) is 3.31. The number of rotatable bonds is 2.